The molecule has 1 aliphatic carbocycles. The summed E-state index contributed by atoms with van der Waals surface area (Å²) >= 11 is 0. The minimum atomic E-state index is -4.25. The lowest BCUT2D eigenvalue weighted by Crippen LogP contribution is -2.61. The van der Waals surface area contributed by atoms with Gasteiger partial charge in [0.25, 0.3) is 0 Å². The molecule has 0 aromatic heterocycles. The van der Waals surface area contributed by atoms with Gasteiger partial charge in [0, 0.05) is 12.1 Å². The van der Waals surface area contributed by atoms with Crippen molar-refractivity contribution in [1.82, 2.24) is 10.2 Å². The zero-order valence-electron chi connectivity index (χ0n) is 13.8. The fourth-order valence-corrected chi connectivity index (χ4v) is 4.31. The summed E-state index contributed by atoms with van der Waals surface area (Å²) in [6.45, 7) is 2.05. The maximum Gasteiger partial charge on any atom is 0.416 e. The van der Waals surface area contributed by atoms with Gasteiger partial charge in [-0.25, -0.2) is 0 Å². The van der Waals surface area contributed by atoms with Crippen LogP contribution in [0.1, 0.15) is 42.7 Å². The van der Waals surface area contributed by atoms with E-state index in [2.05, 4.69) is 24.3 Å². The molecule has 3 rings (SSSR count). The van der Waals surface area contributed by atoms with Crippen LogP contribution in [0, 0.1) is 5.92 Å². The number of nitrogens with one attached hydrogen (secondary N) is 1. The Morgan fingerprint density at radius 1 is 1.22 bits per heavy atom. The molecular formula is C18H25F3N2. The molecule has 1 aromatic rings. The van der Waals surface area contributed by atoms with E-state index < -0.39 is 11.7 Å². The van der Waals surface area contributed by atoms with E-state index >= 15 is 0 Å². The molecule has 0 amide bonds. The molecule has 128 valence electrons. The maximum atomic E-state index is 12.9. The Morgan fingerprint density at radius 2 is 1.96 bits per heavy atom. The van der Waals surface area contributed by atoms with Crippen LogP contribution in [-0.2, 0) is 6.18 Å². The van der Waals surface area contributed by atoms with Crippen LogP contribution >= 0.6 is 0 Å². The van der Waals surface area contributed by atoms with Gasteiger partial charge in [-0.2, -0.15) is 13.2 Å². The fourth-order valence-electron chi connectivity index (χ4n) is 4.31. The van der Waals surface area contributed by atoms with Crippen molar-refractivity contribution >= 4 is 0 Å². The average molecular weight is 326 g/mol. The molecule has 1 N–H and O–H groups in total. The molecule has 0 bridgehead atoms. The summed E-state index contributed by atoms with van der Waals surface area (Å²) in [4.78, 5) is 2.33. The largest absolute Gasteiger partial charge is 0.416 e. The third-order valence-electron chi connectivity index (χ3n) is 5.87. The monoisotopic (exact) mass is 326 g/mol. The highest BCUT2D eigenvalue weighted by atomic mass is 19.4. The highest BCUT2D eigenvalue weighted by Crippen LogP contribution is 2.50. The summed E-state index contributed by atoms with van der Waals surface area (Å²) < 4.78 is 38.6. The molecule has 23 heavy (non-hydrogen) atoms. The second-order valence-corrected chi connectivity index (χ2v) is 7.27. The van der Waals surface area contributed by atoms with Crippen LogP contribution in [0.15, 0.2) is 24.3 Å². The molecule has 2 aliphatic rings. The van der Waals surface area contributed by atoms with Crippen molar-refractivity contribution in [1.29, 1.82) is 0 Å². The summed E-state index contributed by atoms with van der Waals surface area (Å²) in [7, 11) is 4.26. The highest BCUT2D eigenvalue weighted by Gasteiger charge is 2.48. The highest BCUT2D eigenvalue weighted by molar-refractivity contribution is 5.30. The molecule has 2 fully saturated rings. The van der Waals surface area contributed by atoms with Gasteiger partial charge in [0.1, 0.15) is 0 Å². The lowest BCUT2D eigenvalue weighted by atomic mass is 9.60. The van der Waals surface area contributed by atoms with Crippen LogP contribution in [0.2, 0.25) is 0 Å². The molecular weight excluding hydrogens is 301 g/mol. The smallest absolute Gasteiger partial charge is 0.315 e. The molecule has 0 spiro atoms. The topological polar surface area (TPSA) is 15.3 Å². The Morgan fingerprint density at radius 3 is 2.52 bits per heavy atom. The summed E-state index contributed by atoms with van der Waals surface area (Å²) in [5.74, 6) is 0.825. The normalized spacial score (nSPS) is 31.9. The predicted molar refractivity (Wildman–Crippen MR) is 85.4 cm³/mol. The number of likely N-dealkylation sites (N-methyl/N-ethyl adjacent to an activating group) is 1. The van der Waals surface area contributed by atoms with Crippen molar-refractivity contribution in [2.24, 2.45) is 5.92 Å². The van der Waals surface area contributed by atoms with Crippen molar-refractivity contribution in [3.05, 3.63) is 35.4 Å². The van der Waals surface area contributed by atoms with Gasteiger partial charge >= 0.3 is 6.18 Å². The number of benzene rings is 1. The van der Waals surface area contributed by atoms with Crippen molar-refractivity contribution in [2.45, 2.75) is 43.3 Å². The van der Waals surface area contributed by atoms with Crippen LogP contribution in [0.4, 0.5) is 13.2 Å². The van der Waals surface area contributed by atoms with E-state index in [1.807, 2.05) is 6.07 Å². The quantitative estimate of drug-likeness (QED) is 0.907. The fraction of sp³-hybridized carbons (Fsp3) is 0.667. The molecule has 1 saturated heterocycles. The first-order valence-corrected chi connectivity index (χ1v) is 8.38. The maximum absolute atomic E-state index is 12.9. The van der Waals surface area contributed by atoms with Crippen LogP contribution in [0.25, 0.3) is 0 Å². The van der Waals surface area contributed by atoms with Gasteiger partial charge in [-0.3, -0.25) is 0 Å². The first-order chi connectivity index (χ1) is 10.8. The Hall–Kier alpha value is -1.07. The number of alkyl halides is 3. The van der Waals surface area contributed by atoms with E-state index in [1.54, 1.807) is 0 Å². The van der Waals surface area contributed by atoms with Crippen LogP contribution in [-0.4, -0.2) is 37.6 Å². The van der Waals surface area contributed by atoms with Crippen LogP contribution in [0.5, 0.6) is 0 Å². The number of nitrogens with zero attached hydrogens (tertiary/aromatic N) is 1. The molecule has 1 aliphatic heterocycles. The van der Waals surface area contributed by atoms with Gasteiger partial charge in [0.2, 0.25) is 0 Å². The van der Waals surface area contributed by atoms with Crippen molar-refractivity contribution in [3.63, 3.8) is 0 Å². The standard InChI is InChI=1S/C18H25F3N2/c1-23(2)17(7-4-8-22-12-17)16-10-14(11-16)13-5-3-6-15(9-13)18(19,20)21/h3,5-6,9,14,16,22H,4,7-8,10-12H2,1-2H3. The van der Waals surface area contributed by atoms with Gasteiger partial charge in [0.15, 0.2) is 0 Å². The molecule has 5 heteroatoms. The van der Waals surface area contributed by atoms with E-state index in [0.717, 1.165) is 37.6 Å². The van der Waals surface area contributed by atoms with Gasteiger partial charge < -0.3 is 10.2 Å². The first-order valence-electron chi connectivity index (χ1n) is 8.38. The molecule has 1 saturated carbocycles. The van der Waals surface area contributed by atoms with E-state index in [4.69, 9.17) is 0 Å². The zero-order chi connectivity index (χ0) is 16.7. The Balaban J connectivity index is 1.71. The molecule has 1 aromatic carbocycles. The van der Waals surface area contributed by atoms with Gasteiger partial charge in [0.05, 0.1) is 5.56 Å². The van der Waals surface area contributed by atoms with Crippen molar-refractivity contribution < 1.29 is 13.2 Å². The first kappa shape index (κ1) is 16.8. The Bertz CT molecular complexity index is 541. The number of hydrogen-bond donors (Lipinski definition) is 1. The lowest BCUT2D eigenvalue weighted by molar-refractivity contribution is -0.137. The average Bonchev–Trinajstić information content (AvgIpc) is 2.46. The van der Waals surface area contributed by atoms with Gasteiger partial charge in [-0.15, -0.1) is 0 Å². The Kier molecular flexibility index (Phi) is 4.45. The molecule has 1 heterocycles. The molecule has 0 radical (unpaired) electrons. The minimum absolute atomic E-state index is 0.163. The van der Waals surface area contributed by atoms with E-state index in [9.17, 15) is 13.2 Å². The van der Waals surface area contributed by atoms with Crippen molar-refractivity contribution in [3.8, 4) is 0 Å². The summed E-state index contributed by atoms with van der Waals surface area (Å²) in [5, 5.41) is 3.50. The number of rotatable bonds is 3. The summed E-state index contributed by atoms with van der Waals surface area (Å²) in [6.07, 6.45) is 0.0650. The minimum Gasteiger partial charge on any atom is -0.315 e. The Labute approximate surface area is 136 Å². The van der Waals surface area contributed by atoms with E-state index in [0.29, 0.717) is 5.92 Å². The van der Waals surface area contributed by atoms with Gasteiger partial charge in [-0.05, 0) is 69.8 Å². The molecule has 1 unspecified atom stereocenters. The second kappa shape index (κ2) is 6.10. The predicted octanol–water partition coefficient (Wildman–Crippen LogP) is 3.88. The number of piperidine rings is 1. The third-order valence-corrected chi connectivity index (χ3v) is 5.87. The lowest BCUT2D eigenvalue weighted by Gasteiger charge is -2.54. The van der Waals surface area contributed by atoms with Crippen LogP contribution < -0.4 is 5.32 Å². The van der Waals surface area contributed by atoms with E-state index in [-0.39, 0.29) is 11.5 Å². The third kappa shape index (κ3) is 3.13. The number of hydrogen-bond acceptors (Lipinski definition) is 2. The molecule has 2 nitrogen and oxygen atoms in total. The second-order valence-electron chi connectivity index (χ2n) is 7.27. The SMILES string of the molecule is CN(C)C1(C2CC(c3cccc(C(F)(F)F)c3)C2)CCCNC1. The number of halogens is 3. The van der Waals surface area contributed by atoms with Crippen molar-refractivity contribution in [2.75, 3.05) is 27.2 Å². The van der Waals surface area contributed by atoms with Gasteiger partial charge in [-0.1, -0.05) is 18.2 Å². The van der Waals surface area contributed by atoms with Crippen LogP contribution in [0.3, 0.4) is 0 Å². The molecule has 1 atom stereocenters. The zero-order valence-corrected chi connectivity index (χ0v) is 13.8. The summed E-state index contributed by atoms with van der Waals surface area (Å²) in [6, 6.07) is 5.88. The summed E-state index contributed by atoms with van der Waals surface area (Å²) in [5.41, 5.74) is 0.477. The van der Waals surface area contributed by atoms with E-state index in [1.165, 1.54) is 25.0 Å².